The lowest BCUT2D eigenvalue weighted by Crippen LogP contribution is -2.11. The van der Waals surface area contributed by atoms with Gasteiger partial charge in [-0.15, -0.1) is 0 Å². The van der Waals surface area contributed by atoms with Gasteiger partial charge in [-0.2, -0.15) is 0 Å². The lowest BCUT2D eigenvalue weighted by atomic mass is 9.90. The number of alkyl halides is 1. The van der Waals surface area contributed by atoms with Crippen LogP contribution < -0.4 is 0 Å². The highest BCUT2D eigenvalue weighted by Gasteiger charge is 2.21. The molecule has 0 saturated heterocycles. The van der Waals surface area contributed by atoms with Gasteiger partial charge in [0.15, 0.2) is 0 Å². The van der Waals surface area contributed by atoms with Crippen LogP contribution >= 0.6 is 0 Å². The molecule has 0 radical (unpaired) electrons. The highest BCUT2D eigenvalue weighted by atomic mass is 19.1. The van der Waals surface area contributed by atoms with E-state index >= 15 is 0 Å². The van der Waals surface area contributed by atoms with Crippen LogP contribution in [0, 0.1) is 6.92 Å². The molecule has 0 atom stereocenters. The molecule has 0 heterocycles. The molecule has 14 heavy (non-hydrogen) atoms. The quantitative estimate of drug-likeness (QED) is 0.657. The first-order chi connectivity index (χ1) is 6.34. The van der Waals surface area contributed by atoms with E-state index in [1.165, 1.54) is 0 Å². The fourth-order valence-corrected chi connectivity index (χ4v) is 1.74. The molecule has 0 aliphatic carbocycles. The van der Waals surface area contributed by atoms with Gasteiger partial charge in [0.1, 0.15) is 5.67 Å². The second-order valence-electron chi connectivity index (χ2n) is 4.23. The van der Waals surface area contributed by atoms with Crippen molar-refractivity contribution in [1.82, 2.24) is 0 Å². The van der Waals surface area contributed by atoms with Crippen LogP contribution in [-0.4, -0.2) is 0 Å². The Morgan fingerprint density at radius 3 is 2.36 bits per heavy atom. The van der Waals surface area contributed by atoms with E-state index in [4.69, 9.17) is 0 Å². The lowest BCUT2D eigenvalue weighted by molar-refractivity contribution is 0.220. The number of halogens is 1. The molecule has 0 unspecified atom stereocenters. The van der Waals surface area contributed by atoms with Crippen LogP contribution in [0.5, 0.6) is 0 Å². The van der Waals surface area contributed by atoms with E-state index in [2.05, 4.69) is 6.58 Å². The summed E-state index contributed by atoms with van der Waals surface area (Å²) < 4.78 is 13.8. The summed E-state index contributed by atoms with van der Waals surface area (Å²) in [7, 11) is 0. The van der Waals surface area contributed by atoms with E-state index in [0.29, 0.717) is 0 Å². The van der Waals surface area contributed by atoms with Gasteiger partial charge in [0, 0.05) is 0 Å². The van der Waals surface area contributed by atoms with Gasteiger partial charge in [-0.05, 0) is 44.4 Å². The SMILES string of the molecule is C=C(C)c1cccc(C(C)(C)F)c1C. The second-order valence-corrected chi connectivity index (χ2v) is 4.23. The molecule has 1 aromatic carbocycles. The van der Waals surface area contributed by atoms with Crippen LogP contribution in [0.25, 0.3) is 5.57 Å². The molecule has 0 spiro atoms. The first kappa shape index (κ1) is 11.0. The number of hydrogen-bond donors (Lipinski definition) is 0. The highest BCUT2D eigenvalue weighted by molar-refractivity contribution is 5.65. The second kappa shape index (κ2) is 3.56. The summed E-state index contributed by atoms with van der Waals surface area (Å²) in [5.74, 6) is 0. The Hall–Kier alpha value is -1.11. The summed E-state index contributed by atoms with van der Waals surface area (Å²) >= 11 is 0. The number of hydrogen-bond acceptors (Lipinski definition) is 0. The third-order valence-electron chi connectivity index (χ3n) is 2.43. The largest absolute Gasteiger partial charge is 0.239 e. The van der Waals surface area contributed by atoms with Crippen molar-refractivity contribution in [2.75, 3.05) is 0 Å². The summed E-state index contributed by atoms with van der Waals surface area (Å²) in [6, 6.07) is 5.70. The smallest absolute Gasteiger partial charge is 0.130 e. The monoisotopic (exact) mass is 192 g/mol. The van der Waals surface area contributed by atoms with Crippen molar-refractivity contribution in [2.24, 2.45) is 0 Å². The number of allylic oxidation sites excluding steroid dienone is 1. The number of rotatable bonds is 2. The van der Waals surface area contributed by atoms with Gasteiger partial charge in [0.2, 0.25) is 0 Å². The topological polar surface area (TPSA) is 0 Å². The molecular weight excluding hydrogens is 175 g/mol. The zero-order valence-electron chi connectivity index (χ0n) is 9.32. The highest BCUT2D eigenvalue weighted by Crippen LogP contribution is 2.30. The fourth-order valence-electron chi connectivity index (χ4n) is 1.74. The Morgan fingerprint density at radius 2 is 1.93 bits per heavy atom. The van der Waals surface area contributed by atoms with Crippen LogP contribution in [0.1, 0.15) is 37.5 Å². The van der Waals surface area contributed by atoms with E-state index in [0.717, 1.165) is 22.3 Å². The summed E-state index contributed by atoms with van der Waals surface area (Å²) in [4.78, 5) is 0. The Labute approximate surface area is 85.5 Å². The first-order valence-electron chi connectivity index (χ1n) is 4.79. The van der Waals surface area contributed by atoms with Gasteiger partial charge in [0.05, 0.1) is 0 Å². The van der Waals surface area contributed by atoms with Crippen molar-refractivity contribution in [1.29, 1.82) is 0 Å². The van der Waals surface area contributed by atoms with Crippen LogP contribution in [0.4, 0.5) is 4.39 Å². The molecule has 1 heteroatoms. The van der Waals surface area contributed by atoms with Crippen LogP contribution in [-0.2, 0) is 5.67 Å². The normalized spacial score (nSPS) is 11.5. The summed E-state index contributed by atoms with van der Waals surface area (Å²) in [6.45, 7) is 10.9. The molecule has 0 aromatic heterocycles. The maximum absolute atomic E-state index is 13.8. The molecule has 0 aliphatic heterocycles. The van der Waals surface area contributed by atoms with E-state index < -0.39 is 5.67 Å². The van der Waals surface area contributed by atoms with Gasteiger partial charge in [-0.1, -0.05) is 30.4 Å². The Bertz CT molecular complexity index is 356. The molecule has 0 fully saturated rings. The minimum Gasteiger partial charge on any atom is -0.239 e. The van der Waals surface area contributed by atoms with Crippen LogP contribution in [0.2, 0.25) is 0 Å². The fraction of sp³-hybridized carbons (Fsp3) is 0.385. The Balaban J connectivity index is 3.35. The molecular formula is C13H17F. The predicted octanol–water partition coefficient (Wildman–Crippen LogP) is 4.23. The molecule has 0 bridgehead atoms. The van der Waals surface area contributed by atoms with Crippen molar-refractivity contribution in [3.05, 3.63) is 41.5 Å². The van der Waals surface area contributed by atoms with Gasteiger partial charge in [-0.25, -0.2) is 4.39 Å². The zero-order chi connectivity index (χ0) is 10.9. The Kier molecular flexibility index (Phi) is 2.79. The van der Waals surface area contributed by atoms with E-state index in [-0.39, 0.29) is 0 Å². The summed E-state index contributed by atoms with van der Waals surface area (Å²) in [5.41, 5.74) is 2.49. The average Bonchev–Trinajstić information content (AvgIpc) is 2.01. The minimum atomic E-state index is -1.28. The maximum atomic E-state index is 13.8. The van der Waals surface area contributed by atoms with Crippen molar-refractivity contribution < 1.29 is 4.39 Å². The van der Waals surface area contributed by atoms with Crippen LogP contribution in [0.3, 0.4) is 0 Å². The van der Waals surface area contributed by atoms with E-state index in [1.54, 1.807) is 13.8 Å². The van der Waals surface area contributed by atoms with Gasteiger partial charge < -0.3 is 0 Å². The predicted molar refractivity (Wildman–Crippen MR) is 60.0 cm³/mol. The standard InChI is InChI=1S/C13H17F/c1-9(2)11-7-6-8-12(10(11)3)13(4,5)14/h6-8H,1H2,2-5H3. The molecule has 1 aromatic rings. The van der Waals surface area contributed by atoms with Crippen molar-refractivity contribution in [3.63, 3.8) is 0 Å². The van der Waals surface area contributed by atoms with E-state index in [9.17, 15) is 4.39 Å². The summed E-state index contributed by atoms with van der Waals surface area (Å²) in [5, 5.41) is 0. The molecule has 0 N–H and O–H groups in total. The molecule has 1 rings (SSSR count). The van der Waals surface area contributed by atoms with Crippen LogP contribution in [0.15, 0.2) is 24.8 Å². The van der Waals surface area contributed by atoms with Gasteiger partial charge >= 0.3 is 0 Å². The maximum Gasteiger partial charge on any atom is 0.130 e. The van der Waals surface area contributed by atoms with Crippen molar-refractivity contribution in [2.45, 2.75) is 33.4 Å². The molecule has 0 nitrogen and oxygen atoms in total. The lowest BCUT2D eigenvalue weighted by Gasteiger charge is -2.19. The van der Waals surface area contributed by atoms with E-state index in [1.807, 2.05) is 32.0 Å². The molecule has 0 saturated carbocycles. The first-order valence-corrected chi connectivity index (χ1v) is 4.79. The summed E-state index contributed by atoms with van der Waals surface area (Å²) in [6.07, 6.45) is 0. The third-order valence-corrected chi connectivity index (χ3v) is 2.43. The van der Waals surface area contributed by atoms with Gasteiger partial charge in [0.25, 0.3) is 0 Å². The van der Waals surface area contributed by atoms with Crippen molar-refractivity contribution in [3.8, 4) is 0 Å². The average molecular weight is 192 g/mol. The third kappa shape index (κ3) is 2.03. The zero-order valence-corrected chi connectivity index (χ0v) is 9.32. The van der Waals surface area contributed by atoms with Gasteiger partial charge in [-0.3, -0.25) is 0 Å². The minimum absolute atomic E-state index is 0.748. The molecule has 0 aliphatic rings. The van der Waals surface area contributed by atoms with Crippen molar-refractivity contribution >= 4 is 5.57 Å². The molecule has 0 amide bonds. The number of benzene rings is 1. The molecule has 76 valence electrons. The Morgan fingerprint density at radius 1 is 1.36 bits per heavy atom.